The van der Waals surface area contributed by atoms with Gasteiger partial charge in [-0.1, -0.05) is 32.4 Å². The number of hydrogen-bond acceptors (Lipinski definition) is 2. The molecule has 102 valence electrons. The van der Waals surface area contributed by atoms with Crippen molar-refractivity contribution in [2.24, 2.45) is 5.92 Å². The van der Waals surface area contributed by atoms with Crippen molar-refractivity contribution in [1.82, 2.24) is 5.32 Å². The van der Waals surface area contributed by atoms with Crippen LogP contribution < -0.4 is 10.1 Å². The largest absolute Gasteiger partial charge is 0.492 e. The van der Waals surface area contributed by atoms with Crippen molar-refractivity contribution in [1.29, 1.82) is 0 Å². The van der Waals surface area contributed by atoms with Crippen molar-refractivity contribution in [2.45, 2.75) is 33.6 Å². The Balaban J connectivity index is 2.23. The molecule has 1 rings (SSSR count). The summed E-state index contributed by atoms with van der Waals surface area (Å²) >= 11 is 6.06. The molecule has 0 spiro atoms. The number of halogens is 1. The van der Waals surface area contributed by atoms with E-state index in [2.05, 4.69) is 26.1 Å². The third-order valence-corrected chi connectivity index (χ3v) is 3.21. The zero-order chi connectivity index (χ0) is 13.4. The van der Waals surface area contributed by atoms with Gasteiger partial charge in [0, 0.05) is 11.6 Å². The van der Waals surface area contributed by atoms with E-state index in [0.29, 0.717) is 6.61 Å². The Morgan fingerprint density at radius 1 is 1.28 bits per heavy atom. The van der Waals surface area contributed by atoms with Crippen molar-refractivity contribution >= 4 is 11.6 Å². The lowest BCUT2D eigenvalue weighted by Crippen LogP contribution is -2.23. The van der Waals surface area contributed by atoms with E-state index >= 15 is 0 Å². The molecule has 0 aliphatic heterocycles. The predicted molar refractivity (Wildman–Crippen MR) is 78.6 cm³/mol. The number of nitrogens with one attached hydrogen (secondary N) is 1. The van der Waals surface area contributed by atoms with Gasteiger partial charge in [-0.15, -0.1) is 0 Å². The van der Waals surface area contributed by atoms with Gasteiger partial charge < -0.3 is 10.1 Å². The van der Waals surface area contributed by atoms with Crippen molar-refractivity contribution in [3.05, 3.63) is 28.8 Å². The Morgan fingerprint density at radius 3 is 2.72 bits per heavy atom. The van der Waals surface area contributed by atoms with Crippen LogP contribution in [0.25, 0.3) is 0 Å². The highest BCUT2D eigenvalue weighted by Crippen LogP contribution is 2.22. The van der Waals surface area contributed by atoms with Crippen LogP contribution in [0.4, 0.5) is 0 Å². The van der Waals surface area contributed by atoms with Crippen LogP contribution in [0.5, 0.6) is 5.75 Å². The van der Waals surface area contributed by atoms with Gasteiger partial charge in [-0.25, -0.2) is 0 Å². The van der Waals surface area contributed by atoms with E-state index in [9.17, 15) is 0 Å². The molecule has 0 heterocycles. The van der Waals surface area contributed by atoms with Crippen LogP contribution in [0.15, 0.2) is 18.2 Å². The van der Waals surface area contributed by atoms with Crippen LogP contribution in [-0.2, 0) is 6.42 Å². The van der Waals surface area contributed by atoms with E-state index in [1.54, 1.807) is 0 Å². The summed E-state index contributed by atoms with van der Waals surface area (Å²) in [5, 5.41) is 4.20. The summed E-state index contributed by atoms with van der Waals surface area (Å²) in [6.07, 6.45) is 2.14. The molecular weight excluding hydrogens is 246 g/mol. The van der Waals surface area contributed by atoms with Gasteiger partial charge in [-0.3, -0.25) is 0 Å². The normalized spacial score (nSPS) is 10.9. The maximum Gasteiger partial charge on any atom is 0.119 e. The van der Waals surface area contributed by atoms with Gasteiger partial charge in [0.15, 0.2) is 0 Å². The number of benzene rings is 1. The number of aryl methyl sites for hydroxylation is 1. The van der Waals surface area contributed by atoms with Crippen LogP contribution in [0.3, 0.4) is 0 Å². The highest BCUT2D eigenvalue weighted by atomic mass is 35.5. The average molecular weight is 270 g/mol. The summed E-state index contributed by atoms with van der Waals surface area (Å²) in [4.78, 5) is 0. The fraction of sp³-hybridized carbons (Fsp3) is 0.600. The molecule has 0 radical (unpaired) electrons. The van der Waals surface area contributed by atoms with Gasteiger partial charge in [0.2, 0.25) is 0 Å². The Morgan fingerprint density at radius 2 is 2.06 bits per heavy atom. The standard InChI is InChI=1S/C15H24ClNO/c1-4-13-11-14(5-6-15(13)16)18-10-9-17-8-7-12(2)3/h5-6,11-12,17H,4,7-10H2,1-3H3. The molecule has 0 unspecified atom stereocenters. The first kappa shape index (κ1) is 15.3. The molecule has 1 N–H and O–H groups in total. The van der Waals surface area contributed by atoms with Crippen LogP contribution >= 0.6 is 11.6 Å². The Kier molecular flexibility index (Phi) is 7.14. The minimum atomic E-state index is 0.697. The number of hydrogen-bond donors (Lipinski definition) is 1. The first-order valence-electron chi connectivity index (χ1n) is 6.75. The van der Waals surface area contributed by atoms with E-state index in [4.69, 9.17) is 16.3 Å². The highest BCUT2D eigenvalue weighted by molar-refractivity contribution is 6.31. The SMILES string of the molecule is CCc1cc(OCCNCCC(C)C)ccc1Cl. The lowest BCUT2D eigenvalue weighted by Gasteiger charge is -2.10. The summed E-state index contributed by atoms with van der Waals surface area (Å²) in [7, 11) is 0. The molecule has 2 nitrogen and oxygen atoms in total. The first-order valence-corrected chi connectivity index (χ1v) is 7.13. The molecular formula is C15H24ClNO. The number of ether oxygens (including phenoxy) is 1. The summed E-state index contributed by atoms with van der Waals surface area (Å²) in [5.74, 6) is 1.66. The summed E-state index contributed by atoms with van der Waals surface area (Å²) < 4.78 is 5.69. The molecule has 3 heteroatoms. The summed E-state index contributed by atoms with van der Waals surface area (Å²) in [5.41, 5.74) is 1.14. The van der Waals surface area contributed by atoms with E-state index < -0.39 is 0 Å². The third-order valence-electron chi connectivity index (χ3n) is 2.84. The summed E-state index contributed by atoms with van der Waals surface area (Å²) in [6, 6.07) is 5.86. The van der Waals surface area contributed by atoms with Crippen molar-refractivity contribution in [3.8, 4) is 5.75 Å². The second-order valence-corrected chi connectivity index (χ2v) is 5.29. The fourth-order valence-corrected chi connectivity index (χ4v) is 1.92. The average Bonchev–Trinajstić information content (AvgIpc) is 2.35. The minimum Gasteiger partial charge on any atom is -0.492 e. The third kappa shape index (κ3) is 5.74. The molecule has 0 aromatic heterocycles. The second-order valence-electron chi connectivity index (χ2n) is 4.89. The molecule has 0 fully saturated rings. The predicted octanol–water partition coefficient (Wildman–Crippen LogP) is 3.92. The lowest BCUT2D eigenvalue weighted by molar-refractivity contribution is 0.312. The van der Waals surface area contributed by atoms with Crippen molar-refractivity contribution < 1.29 is 4.74 Å². The van der Waals surface area contributed by atoms with Crippen LogP contribution in [0.2, 0.25) is 5.02 Å². The van der Waals surface area contributed by atoms with Crippen molar-refractivity contribution in [3.63, 3.8) is 0 Å². The van der Waals surface area contributed by atoms with E-state index in [1.165, 1.54) is 6.42 Å². The van der Waals surface area contributed by atoms with Crippen LogP contribution in [0, 0.1) is 5.92 Å². The number of rotatable bonds is 8. The van der Waals surface area contributed by atoms with Crippen LogP contribution in [0.1, 0.15) is 32.8 Å². The topological polar surface area (TPSA) is 21.3 Å². The van der Waals surface area contributed by atoms with E-state index in [1.807, 2.05) is 18.2 Å². The monoisotopic (exact) mass is 269 g/mol. The molecule has 0 saturated heterocycles. The van der Waals surface area contributed by atoms with Gasteiger partial charge in [-0.2, -0.15) is 0 Å². The maximum absolute atomic E-state index is 6.06. The molecule has 18 heavy (non-hydrogen) atoms. The Labute approximate surface area is 116 Å². The summed E-state index contributed by atoms with van der Waals surface area (Å²) in [6.45, 7) is 9.20. The molecule has 0 saturated carbocycles. The zero-order valence-electron chi connectivity index (χ0n) is 11.6. The molecule has 0 bridgehead atoms. The lowest BCUT2D eigenvalue weighted by atomic mass is 10.1. The second kappa shape index (κ2) is 8.39. The van der Waals surface area contributed by atoms with Crippen molar-refractivity contribution in [2.75, 3.05) is 19.7 Å². The molecule has 0 aliphatic carbocycles. The first-order chi connectivity index (χ1) is 8.63. The highest BCUT2D eigenvalue weighted by Gasteiger charge is 2.01. The molecule has 1 aromatic rings. The van der Waals surface area contributed by atoms with E-state index in [0.717, 1.165) is 41.8 Å². The molecule has 0 atom stereocenters. The molecule has 1 aromatic carbocycles. The van der Waals surface area contributed by atoms with Gasteiger partial charge in [0.05, 0.1) is 0 Å². The van der Waals surface area contributed by atoms with Gasteiger partial charge in [0.1, 0.15) is 12.4 Å². The zero-order valence-corrected chi connectivity index (χ0v) is 12.4. The Hall–Kier alpha value is -0.730. The quantitative estimate of drug-likeness (QED) is 0.723. The minimum absolute atomic E-state index is 0.697. The smallest absolute Gasteiger partial charge is 0.119 e. The Bertz CT molecular complexity index is 352. The molecule has 0 aliphatic rings. The molecule has 0 amide bonds. The van der Waals surface area contributed by atoms with Gasteiger partial charge in [-0.05, 0) is 49.1 Å². The fourth-order valence-electron chi connectivity index (χ4n) is 1.67. The van der Waals surface area contributed by atoms with Gasteiger partial charge in [0.25, 0.3) is 0 Å². The maximum atomic E-state index is 6.06. The van der Waals surface area contributed by atoms with E-state index in [-0.39, 0.29) is 0 Å². The van der Waals surface area contributed by atoms with Gasteiger partial charge >= 0.3 is 0 Å². The van der Waals surface area contributed by atoms with Crippen LogP contribution in [-0.4, -0.2) is 19.7 Å².